The van der Waals surface area contributed by atoms with E-state index >= 15 is 4.39 Å². The van der Waals surface area contributed by atoms with E-state index < -0.39 is 0 Å². The van der Waals surface area contributed by atoms with Gasteiger partial charge in [0, 0.05) is 43.7 Å². The molecule has 1 aliphatic heterocycles. The van der Waals surface area contributed by atoms with Gasteiger partial charge in [0.2, 0.25) is 5.91 Å². The van der Waals surface area contributed by atoms with E-state index in [1.165, 1.54) is 0 Å². The Labute approximate surface area is 201 Å². The average Bonchev–Trinajstić information content (AvgIpc) is 3.12. The Balaban J connectivity index is 1.52. The monoisotopic (exact) mass is 454 g/mol. The van der Waals surface area contributed by atoms with Gasteiger partial charge in [-0.25, -0.2) is 4.39 Å². The van der Waals surface area contributed by atoms with Crippen LogP contribution in [0.5, 0.6) is 0 Å². The number of amides is 1. The summed E-state index contributed by atoms with van der Waals surface area (Å²) in [6.45, 7) is 2.63. The fraction of sp³-hybridized carbons (Fsp3) is 0.300. The van der Waals surface area contributed by atoms with Gasteiger partial charge in [-0.3, -0.25) is 4.79 Å². The summed E-state index contributed by atoms with van der Waals surface area (Å²) in [4.78, 5) is 17.5. The molecule has 5 rings (SSSR count). The molecule has 0 spiro atoms. The minimum atomic E-state index is -0.304. The van der Waals surface area contributed by atoms with E-state index in [1.54, 1.807) is 6.07 Å². The summed E-state index contributed by atoms with van der Waals surface area (Å²) >= 11 is 0. The number of halogens is 1. The van der Waals surface area contributed by atoms with Gasteiger partial charge >= 0.3 is 0 Å². The Morgan fingerprint density at radius 2 is 1.68 bits per heavy atom. The van der Waals surface area contributed by atoms with Gasteiger partial charge < -0.3 is 9.80 Å². The summed E-state index contributed by atoms with van der Waals surface area (Å²) in [5.74, 6) is 0.0233. The summed E-state index contributed by atoms with van der Waals surface area (Å²) in [6.07, 6.45) is 5.20. The van der Waals surface area contributed by atoms with Crippen molar-refractivity contribution >= 4 is 11.6 Å². The fourth-order valence-corrected chi connectivity index (χ4v) is 5.57. The molecule has 0 aromatic heterocycles. The van der Waals surface area contributed by atoms with Crippen molar-refractivity contribution in [3.8, 4) is 11.1 Å². The predicted octanol–water partition coefficient (Wildman–Crippen LogP) is 6.47. The number of allylic oxidation sites excluding steroid dienone is 1. The minimum absolute atomic E-state index is 0.0142. The number of fused-ring (bicyclic) bond motifs is 1. The van der Waals surface area contributed by atoms with Crippen molar-refractivity contribution < 1.29 is 9.18 Å². The molecular formula is C30H31FN2O. The number of likely N-dealkylation sites (tertiary alicyclic amines) is 1. The van der Waals surface area contributed by atoms with E-state index in [4.69, 9.17) is 0 Å². The number of anilines is 1. The van der Waals surface area contributed by atoms with Crippen LogP contribution in [0.3, 0.4) is 0 Å². The molecule has 174 valence electrons. The molecular weight excluding hydrogens is 423 g/mol. The second-order valence-electron chi connectivity index (χ2n) is 9.82. The van der Waals surface area contributed by atoms with Crippen LogP contribution < -0.4 is 4.90 Å². The first-order valence-corrected chi connectivity index (χ1v) is 12.0. The second kappa shape index (κ2) is 9.09. The zero-order chi connectivity index (χ0) is 23.8. The third-order valence-electron chi connectivity index (χ3n) is 7.39. The summed E-state index contributed by atoms with van der Waals surface area (Å²) in [5.41, 5.74) is 4.59. The Morgan fingerprint density at radius 1 is 0.971 bits per heavy atom. The van der Waals surface area contributed by atoms with Gasteiger partial charge in [-0.2, -0.15) is 0 Å². The third-order valence-corrected chi connectivity index (χ3v) is 7.39. The molecule has 3 aromatic carbocycles. The SMILES string of the molecule is C[C@@H]1CC=C[C@H]2[C@H]1C(=O)N(Cc1ccccc1)[C@H]2c1ccc(-c2ccc(N(C)C)cc2)cc1F. The van der Waals surface area contributed by atoms with E-state index in [0.29, 0.717) is 12.1 Å². The molecule has 0 bridgehead atoms. The molecule has 4 heteroatoms. The van der Waals surface area contributed by atoms with Gasteiger partial charge in [0.15, 0.2) is 0 Å². The van der Waals surface area contributed by atoms with E-state index in [2.05, 4.69) is 19.1 Å². The molecule has 2 aliphatic rings. The second-order valence-corrected chi connectivity index (χ2v) is 9.82. The zero-order valence-electron chi connectivity index (χ0n) is 20.0. The Kier molecular flexibility index (Phi) is 5.99. The number of rotatable bonds is 5. The van der Waals surface area contributed by atoms with E-state index in [9.17, 15) is 4.79 Å². The third kappa shape index (κ3) is 4.02. The Bertz CT molecular complexity index is 1200. The summed E-state index contributed by atoms with van der Waals surface area (Å²) in [6, 6.07) is 23.3. The predicted molar refractivity (Wildman–Crippen MR) is 136 cm³/mol. The molecule has 0 unspecified atom stereocenters. The molecule has 1 amide bonds. The van der Waals surface area contributed by atoms with E-state index in [1.807, 2.05) is 90.6 Å². The van der Waals surface area contributed by atoms with Crippen molar-refractivity contribution in [1.82, 2.24) is 4.90 Å². The highest BCUT2D eigenvalue weighted by atomic mass is 19.1. The Hall–Kier alpha value is -3.40. The molecule has 1 aliphatic carbocycles. The van der Waals surface area contributed by atoms with Crippen molar-refractivity contribution in [2.45, 2.75) is 25.9 Å². The van der Waals surface area contributed by atoms with Crippen LogP contribution in [-0.4, -0.2) is 24.9 Å². The number of carbonyl (C=O) groups is 1. The molecule has 1 heterocycles. The maximum Gasteiger partial charge on any atom is 0.227 e. The van der Waals surface area contributed by atoms with Crippen LogP contribution in [-0.2, 0) is 11.3 Å². The van der Waals surface area contributed by atoms with Crippen LogP contribution in [0.25, 0.3) is 11.1 Å². The lowest BCUT2D eigenvalue weighted by atomic mass is 9.75. The number of nitrogens with zero attached hydrogens (tertiary/aromatic N) is 2. The highest BCUT2D eigenvalue weighted by molar-refractivity contribution is 5.83. The number of benzene rings is 3. The molecule has 0 saturated carbocycles. The average molecular weight is 455 g/mol. The molecule has 34 heavy (non-hydrogen) atoms. The van der Waals surface area contributed by atoms with Crippen LogP contribution >= 0.6 is 0 Å². The van der Waals surface area contributed by atoms with Gasteiger partial charge in [0.25, 0.3) is 0 Å². The first kappa shape index (κ1) is 22.4. The van der Waals surface area contributed by atoms with Gasteiger partial charge in [-0.1, -0.05) is 73.7 Å². The number of hydrogen-bond donors (Lipinski definition) is 0. The topological polar surface area (TPSA) is 23.6 Å². The highest BCUT2D eigenvalue weighted by Crippen LogP contribution is 2.49. The standard InChI is InChI=1S/C30H31FN2O/c1-20-8-7-11-26-28(20)30(34)33(19-21-9-5-4-6-10-21)29(26)25-17-14-23(18-27(25)31)22-12-15-24(16-13-22)32(2)3/h4-7,9-18,20,26,28-29H,8,19H2,1-3H3/t20-,26+,28+,29+/m1/s1. The Morgan fingerprint density at radius 3 is 2.35 bits per heavy atom. The van der Waals surface area contributed by atoms with Crippen LogP contribution in [0.4, 0.5) is 10.1 Å². The van der Waals surface area contributed by atoms with Crippen molar-refractivity contribution in [2.75, 3.05) is 19.0 Å². The zero-order valence-corrected chi connectivity index (χ0v) is 20.0. The molecule has 4 atom stereocenters. The van der Waals surface area contributed by atoms with Crippen LogP contribution in [0.1, 0.15) is 30.5 Å². The van der Waals surface area contributed by atoms with Gasteiger partial charge in [-0.15, -0.1) is 0 Å². The van der Waals surface area contributed by atoms with Crippen molar-refractivity contribution in [3.63, 3.8) is 0 Å². The molecule has 3 nitrogen and oxygen atoms in total. The van der Waals surface area contributed by atoms with Gasteiger partial charge in [0.1, 0.15) is 5.82 Å². The van der Waals surface area contributed by atoms with Gasteiger partial charge in [-0.05, 0) is 47.2 Å². The lowest BCUT2D eigenvalue weighted by Crippen LogP contribution is -2.31. The maximum absolute atomic E-state index is 15.7. The van der Waals surface area contributed by atoms with Crippen molar-refractivity contribution in [3.05, 3.63) is 102 Å². The lowest BCUT2D eigenvalue weighted by molar-refractivity contribution is -0.134. The number of hydrogen-bond acceptors (Lipinski definition) is 2. The highest BCUT2D eigenvalue weighted by Gasteiger charge is 2.50. The summed E-state index contributed by atoms with van der Waals surface area (Å²) in [5, 5.41) is 0. The maximum atomic E-state index is 15.7. The quantitative estimate of drug-likeness (QED) is 0.413. The van der Waals surface area contributed by atoms with Gasteiger partial charge in [0.05, 0.1) is 6.04 Å². The summed E-state index contributed by atoms with van der Waals surface area (Å²) in [7, 11) is 4.00. The van der Waals surface area contributed by atoms with Crippen molar-refractivity contribution in [2.24, 2.45) is 17.8 Å². The summed E-state index contributed by atoms with van der Waals surface area (Å²) < 4.78 is 15.7. The first-order valence-electron chi connectivity index (χ1n) is 12.0. The van der Waals surface area contributed by atoms with Crippen LogP contribution in [0.2, 0.25) is 0 Å². The molecule has 1 fully saturated rings. The van der Waals surface area contributed by atoms with E-state index in [0.717, 1.165) is 28.8 Å². The molecule has 3 aromatic rings. The van der Waals surface area contributed by atoms with E-state index in [-0.39, 0.29) is 35.5 Å². The normalized spacial score (nSPS) is 23.8. The largest absolute Gasteiger partial charge is 0.378 e. The molecule has 0 N–H and O–H groups in total. The first-order chi connectivity index (χ1) is 16.4. The lowest BCUT2D eigenvalue weighted by Gasteiger charge is -2.30. The number of carbonyl (C=O) groups excluding carboxylic acids is 1. The minimum Gasteiger partial charge on any atom is -0.378 e. The van der Waals surface area contributed by atoms with Crippen LogP contribution in [0, 0.1) is 23.6 Å². The fourth-order valence-electron chi connectivity index (χ4n) is 5.57. The van der Waals surface area contributed by atoms with Crippen LogP contribution in [0.15, 0.2) is 84.9 Å². The smallest absolute Gasteiger partial charge is 0.227 e. The van der Waals surface area contributed by atoms with Crippen molar-refractivity contribution in [1.29, 1.82) is 0 Å². The molecule has 0 radical (unpaired) electrons. The molecule has 1 saturated heterocycles.